The molecule has 3 atom stereocenters. The van der Waals surface area contributed by atoms with Crippen molar-refractivity contribution in [1.29, 1.82) is 0 Å². The number of halogens is 1. The summed E-state index contributed by atoms with van der Waals surface area (Å²) < 4.78 is 2.25. The van der Waals surface area contributed by atoms with E-state index < -0.39 is 0 Å². The maximum absolute atomic E-state index is 6.35. The monoisotopic (exact) mass is 303 g/mol. The number of hydrogen-bond acceptors (Lipinski definition) is 2. The number of piperidine rings is 1. The molecule has 0 amide bonds. The molecule has 1 saturated heterocycles. The zero-order valence-electron chi connectivity index (χ0n) is 12.6. The average Bonchev–Trinajstić information content (AvgIpc) is 2.96. The molecule has 1 aromatic heterocycles. The van der Waals surface area contributed by atoms with Crippen LogP contribution in [0.1, 0.15) is 56.5 Å². The van der Waals surface area contributed by atoms with Crippen molar-refractivity contribution < 1.29 is 0 Å². The van der Waals surface area contributed by atoms with E-state index in [9.17, 15) is 0 Å². The Morgan fingerprint density at radius 3 is 2.90 bits per heavy atom. The number of aromatic nitrogens is 2. The Balaban J connectivity index is 1.90. The summed E-state index contributed by atoms with van der Waals surface area (Å²) in [7, 11) is 0. The zero-order valence-corrected chi connectivity index (χ0v) is 13.3. The summed E-state index contributed by atoms with van der Waals surface area (Å²) in [6.45, 7) is 4.43. The Labute approximate surface area is 131 Å². The molecule has 2 aromatic rings. The van der Waals surface area contributed by atoms with Gasteiger partial charge in [-0.1, -0.05) is 29.8 Å². The number of imidazole rings is 1. The molecule has 4 heteroatoms. The van der Waals surface area contributed by atoms with Gasteiger partial charge in [-0.15, -0.1) is 0 Å². The third kappa shape index (κ3) is 2.99. The second kappa shape index (κ2) is 6.20. The van der Waals surface area contributed by atoms with Gasteiger partial charge in [0.25, 0.3) is 0 Å². The van der Waals surface area contributed by atoms with Gasteiger partial charge in [-0.3, -0.25) is 0 Å². The summed E-state index contributed by atoms with van der Waals surface area (Å²) in [4.78, 5) is 4.38. The summed E-state index contributed by atoms with van der Waals surface area (Å²) in [6, 6.07) is 9.20. The maximum Gasteiger partial charge on any atom is 0.0954 e. The summed E-state index contributed by atoms with van der Waals surface area (Å²) in [5.74, 6) is 0. The molecule has 3 unspecified atom stereocenters. The van der Waals surface area contributed by atoms with Crippen molar-refractivity contribution in [2.75, 3.05) is 0 Å². The van der Waals surface area contributed by atoms with Crippen molar-refractivity contribution in [3.63, 3.8) is 0 Å². The summed E-state index contributed by atoms with van der Waals surface area (Å²) >= 11 is 6.35. The first-order valence-corrected chi connectivity index (χ1v) is 8.07. The number of nitrogens with zero attached hydrogens (tertiary/aromatic N) is 2. The van der Waals surface area contributed by atoms with Crippen LogP contribution < -0.4 is 5.32 Å². The molecule has 112 valence electrons. The zero-order chi connectivity index (χ0) is 14.8. The van der Waals surface area contributed by atoms with Gasteiger partial charge in [-0.2, -0.15) is 0 Å². The van der Waals surface area contributed by atoms with E-state index >= 15 is 0 Å². The number of nitrogens with one attached hydrogen (secondary N) is 1. The Hall–Kier alpha value is -1.32. The molecule has 1 aliphatic heterocycles. The van der Waals surface area contributed by atoms with Gasteiger partial charge >= 0.3 is 0 Å². The molecule has 21 heavy (non-hydrogen) atoms. The minimum absolute atomic E-state index is 0.190. The van der Waals surface area contributed by atoms with Crippen LogP contribution in [0.3, 0.4) is 0 Å². The first-order chi connectivity index (χ1) is 10.2. The van der Waals surface area contributed by atoms with Gasteiger partial charge in [0, 0.05) is 23.3 Å². The molecule has 1 N–H and O–H groups in total. The van der Waals surface area contributed by atoms with Crippen LogP contribution in [0.15, 0.2) is 36.8 Å². The van der Waals surface area contributed by atoms with E-state index in [4.69, 9.17) is 11.6 Å². The van der Waals surface area contributed by atoms with Crippen LogP contribution in [0, 0.1) is 0 Å². The summed E-state index contributed by atoms with van der Waals surface area (Å²) in [6.07, 6.45) is 7.60. The lowest BCUT2D eigenvalue weighted by atomic mass is 9.97. The van der Waals surface area contributed by atoms with Crippen molar-refractivity contribution in [3.8, 4) is 0 Å². The van der Waals surface area contributed by atoms with E-state index in [2.05, 4.69) is 34.8 Å². The van der Waals surface area contributed by atoms with Crippen LogP contribution in [-0.4, -0.2) is 15.6 Å². The third-order valence-corrected chi connectivity index (χ3v) is 4.79. The summed E-state index contributed by atoms with van der Waals surface area (Å²) in [5.41, 5.74) is 2.40. The van der Waals surface area contributed by atoms with Crippen LogP contribution >= 0.6 is 11.6 Å². The molecular formula is C17H22ClN3. The molecule has 1 aromatic carbocycles. The van der Waals surface area contributed by atoms with Crippen LogP contribution in [-0.2, 0) is 0 Å². The Kier molecular flexibility index (Phi) is 4.32. The predicted octanol–water partition coefficient (Wildman–Crippen LogP) is 4.35. The van der Waals surface area contributed by atoms with Crippen LogP contribution in [0.25, 0.3) is 0 Å². The number of rotatable bonds is 3. The highest BCUT2D eigenvalue weighted by atomic mass is 35.5. The maximum atomic E-state index is 6.35. The fourth-order valence-electron chi connectivity index (χ4n) is 3.24. The van der Waals surface area contributed by atoms with Gasteiger partial charge in [-0.05, 0) is 44.7 Å². The van der Waals surface area contributed by atoms with Gasteiger partial charge in [-0.25, -0.2) is 4.98 Å². The topological polar surface area (TPSA) is 29.9 Å². The minimum atomic E-state index is 0.190. The summed E-state index contributed by atoms with van der Waals surface area (Å²) in [5, 5.41) is 4.50. The molecule has 3 nitrogen and oxygen atoms in total. The van der Waals surface area contributed by atoms with Crippen molar-refractivity contribution in [1.82, 2.24) is 14.9 Å². The molecule has 0 bridgehead atoms. The molecule has 0 saturated carbocycles. The Morgan fingerprint density at radius 1 is 1.33 bits per heavy atom. The largest absolute Gasteiger partial charge is 0.326 e. The smallest absolute Gasteiger partial charge is 0.0954 e. The SMILES string of the molecule is CC1CCCC(c2cncn2C(C)c2ccccc2Cl)N1. The minimum Gasteiger partial charge on any atom is -0.326 e. The molecule has 0 spiro atoms. The van der Waals surface area contributed by atoms with E-state index in [0.29, 0.717) is 12.1 Å². The molecular weight excluding hydrogens is 282 g/mol. The van der Waals surface area contributed by atoms with E-state index in [1.54, 1.807) is 0 Å². The van der Waals surface area contributed by atoms with E-state index in [0.717, 1.165) is 10.6 Å². The second-order valence-electron chi connectivity index (χ2n) is 5.97. The molecule has 0 aliphatic carbocycles. The Morgan fingerprint density at radius 2 is 2.14 bits per heavy atom. The first kappa shape index (κ1) is 14.6. The van der Waals surface area contributed by atoms with Crippen molar-refractivity contribution in [2.24, 2.45) is 0 Å². The molecule has 2 heterocycles. The fourth-order valence-corrected chi connectivity index (χ4v) is 3.54. The normalized spacial score (nSPS) is 24.0. The van der Waals surface area contributed by atoms with Crippen molar-refractivity contribution >= 4 is 11.6 Å². The third-order valence-electron chi connectivity index (χ3n) is 4.44. The van der Waals surface area contributed by atoms with E-state index in [1.807, 2.05) is 30.7 Å². The number of benzene rings is 1. The van der Waals surface area contributed by atoms with Crippen molar-refractivity contribution in [2.45, 2.75) is 51.2 Å². The standard InChI is InChI=1S/C17H22ClN3/c1-12-6-5-9-16(20-12)17-10-19-11-21(17)13(2)14-7-3-4-8-15(14)18/h3-4,7-8,10-13,16,20H,5-6,9H2,1-2H3. The predicted molar refractivity (Wildman–Crippen MR) is 86.7 cm³/mol. The number of hydrogen-bond donors (Lipinski definition) is 1. The van der Waals surface area contributed by atoms with Gasteiger partial charge in [0.05, 0.1) is 18.1 Å². The second-order valence-corrected chi connectivity index (χ2v) is 6.38. The Bertz CT molecular complexity index is 608. The van der Waals surface area contributed by atoms with Gasteiger partial charge < -0.3 is 9.88 Å². The quantitative estimate of drug-likeness (QED) is 0.913. The van der Waals surface area contributed by atoms with Gasteiger partial charge in [0.15, 0.2) is 0 Å². The van der Waals surface area contributed by atoms with E-state index in [1.165, 1.54) is 25.0 Å². The van der Waals surface area contributed by atoms with Gasteiger partial charge in [0.1, 0.15) is 0 Å². The highest BCUT2D eigenvalue weighted by molar-refractivity contribution is 6.31. The van der Waals surface area contributed by atoms with Crippen LogP contribution in [0.5, 0.6) is 0 Å². The van der Waals surface area contributed by atoms with Crippen LogP contribution in [0.4, 0.5) is 0 Å². The van der Waals surface area contributed by atoms with E-state index in [-0.39, 0.29) is 6.04 Å². The first-order valence-electron chi connectivity index (χ1n) is 7.69. The molecule has 3 rings (SSSR count). The van der Waals surface area contributed by atoms with Gasteiger partial charge in [0.2, 0.25) is 0 Å². The highest BCUT2D eigenvalue weighted by Crippen LogP contribution is 2.31. The average molecular weight is 304 g/mol. The molecule has 0 radical (unpaired) electrons. The lowest BCUT2D eigenvalue weighted by molar-refractivity contribution is 0.327. The molecule has 1 fully saturated rings. The molecule has 1 aliphatic rings. The van der Waals surface area contributed by atoms with Crippen LogP contribution in [0.2, 0.25) is 5.02 Å². The lowest BCUT2D eigenvalue weighted by Crippen LogP contribution is -2.35. The highest BCUT2D eigenvalue weighted by Gasteiger charge is 2.24. The lowest BCUT2D eigenvalue weighted by Gasteiger charge is -2.30. The van der Waals surface area contributed by atoms with Crippen molar-refractivity contribution in [3.05, 3.63) is 53.1 Å². The fraction of sp³-hybridized carbons (Fsp3) is 0.471.